The average molecular weight is 355 g/mol. The Morgan fingerprint density at radius 2 is 1.92 bits per heavy atom. The Morgan fingerprint density at radius 1 is 1.16 bits per heavy atom. The van der Waals surface area contributed by atoms with E-state index in [1.54, 1.807) is 30.3 Å². The van der Waals surface area contributed by atoms with E-state index in [2.05, 4.69) is 10.1 Å². The molecule has 0 aliphatic carbocycles. The van der Waals surface area contributed by atoms with Crippen LogP contribution in [0.5, 0.6) is 0 Å². The van der Waals surface area contributed by atoms with E-state index >= 15 is 0 Å². The van der Waals surface area contributed by atoms with Crippen LogP contribution in [0.2, 0.25) is 0 Å². The van der Waals surface area contributed by atoms with Gasteiger partial charge in [-0.3, -0.25) is 9.59 Å². The van der Waals surface area contributed by atoms with Gasteiger partial charge in [-0.05, 0) is 43.3 Å². The van der Waals surface area contributed by atoms with Gasteiger partial charge < -0.3 is 4.42 Å². The van der Waals surface area contributed by atoms with E-state index in [0.29, 0.717) is 16.1 Å². The van der Waals surface area contributed by atoms with Crippen LogP contribution in [-0.4, -0.2) is 14.6 Å². The lowest BCUT2D eigenvalue weighted by molar-refractivity contribution is 0.571. The van der Waals surface area contributed by atoms with Gasteiger partial charge in [-0.25, -0.2) is 4.39 Å². The normalized spacial score (nSPS) is 12.2. The van der Waals surface area contributed by atoms with Crippen LogP contribution in [0.4, 0.5) is 4.39 Å². The summed E-state index contributed by atoms with van der Waals surface area (Å²) in [6.07, 6.45) is 1.57. The van der Waals surface area contributed by atoms with Gasteiger partial charge in [-0.15, -0.1) is 0 Å². The van der Waals surface area contributed by atoms with Crippen molar-refractivity contribution < 1.29 is 8.81 Å². The van der Waals surface area contributed by atoms with Crippen molar-refractivity contribution in [2.75, 3.05) is 0 Å². The van der Waals surface area contributed by atoms with Gasteiger partial charge >= 0.3 is 0 Å². The van der Waals surface area contributed by atoms with Crippen LogP contribution in [0.1, 0.15) is 11.5 Å². The summed E-state index contributed by atoms with van der Waals surface area (Å²) in [5.41, 5.74) is 0.0688. The first-order chi connectivity index (χ1) is 12.0. The Bertz CT molecular complexity index is 1260. The maximum absolute atomic E-state index is 13.0. The number of thiazole rings is 1. The number of rotatable bonds is 2. The lowest BCUT2D eigenvalue weighted by atomic mass is 10.2. The van der Waals surface area contributed by atoms with Gasteiger partial charge in [-0.2, -0.15) is 14.6 Å². The van der Waals surface area contributed by atoms with Crippen LogP contribution < -0.4 is 15.7 Å². The Kier molecular flexibility index (Phi) is 3.54. The molecule has 4 aromatic rings. The molecule has 0 saturated heterocycles. The summed E-state index contributed by atoms with van der Waals surface area (Å²) in [6, 6.07) is 9.36. The summed E-state index contributed by atoms with van der Waals surface area (Å²) in [4.78, 5) is 28.0. The molecule has 0 atom stereocenters. The molecule has 0 fully saturated rings. The molecule has 0 aliphatic rings. The number of hydrogen-bond acceptors (Lipinski definition) is 6. The van der Waals surface area contributed by atoms with Crippen LogP contribution in [0.3, 0.4) is 0 Å². The fraction of sp³-hybridized carbons (Fsp3) is 0.0588. The molecular weight excluding hydrogens is 345 g/mol. The molecule has 0 spiro atoms. The predicted octanol–water partition coefficient (Wildman–Crippen LogP) is 1.77. The van der Waals surface area contributed by atoms with Crippen LogP contribution in [0.15, 0.2) is 50.4 Å². The highest BCUT2D eigenvalue weighted by Gasteiger charge is 2.09. The zero-order valence-corrected chi connectivity index (χ0v) is 13.7. The van der Waals surface area contributed by atoms with Gasteiger partial charge in [0.2, 0.25) is 4.96 Å². The fourth-order valence-corrected chi connectivity index (χ4v) is 3.20. The van der Waals surface area contributed by atoms with E-state index in [4.69, 9.17) is 4.42 Å². The quantitative estimate of drug-likeness (QED) is 0.548. The molecule has 3 aromatic heterocycles. The highest BCUT2D eigenvalue weighted by atomic mass is 32.1. The van der Waals surface area contributed by atoms with Crippen molar-refractivity contribution in [1.29, 1.82) is 0 Å². The molecule has 8 heteroatoms. The number of benzene rings is 1. The molecule has 4 rings (SSSR count). The average Bonchev–Trinajstić information content (AvgIpc) is 3.16. The molecule has 0 unspecified atom stereocenters. The molecule has 3 heterocycles. The number of hydrogen-bond donors (Lipinski definition) is 0. The Balaban J connectivity index is 1.80. The molecule has 6 nitrogen and oxygen atoms in total. The van der Waals surface area contributed by atoms with E-state index in [9.17, 15) is 14.0 Å². The summed E-state index contributed by atoms with van der Waals surface area (Å²) in [7, 11) is 0. The third-order valence-corrected chi connectivity index (χ3v) is 4.53. The maximum Gasteiger partial charge on any atom is 0.295 e. The SMILES string of the molecule is Cc1nn2c(=O)/c(=C\c3ccc(-c4ccc(F)cc4)o3)sc2nc1=O. The van der Waals surface area contributed by atoms with Gasteiger partial charge in [0, 0.05) is 11.6 Å². The third kappa shape index (κ3) is 2.76. The van der Waals surface area contributed by atoms with Crippen molar-refractivity contribution >= 4 is 22.4 Å². The lowest BCUT2D eigenvalue weighted by Gasteiger charge is -1.95. The van der Waals surface area contributed by atoms with Gasteiger partial charge in [0.15, 0.2) is 0 Å². The van der Waals surface area contributed by atoms with E-state index in [0.717, 1.165) is 21.4 Å². The standard InChI is InChI=1S/C17H10FN3O3S/c1-9-15(22)19-17-21(20-9)16(23)14(25-17)8-12-6-7-13(24-12)10-2-4-11(18)5-3-10/h2-8H,1H3/b14-8+. The minimum Gasteiger partial charge on any atom is -0.457 e. The summed E-state index contributed by atoms with van der Waals surface area (Å²) in [5.74, 6) is 0.692. The molecule has 0 radical (unpaired) electrons. The van der Waals surface area contributed by atoms with Crippen LogP contribution in [0, 0.1) is 12.7 Å². The number of nitrogens with zero attached hydrogens (tertiary/aromatic N) is 3. The highest BCUT2D eigenvalue weighted by molar-refractivity contribution is 7.15. The minimum atomic E-state index is -0.454. The largest absolute Gasteiger partial charge is 0.457 e. The molecule has 0 aliphatic heterocycles. The van der Waals surface area contributed by atoms with Gasteiger partial charge in [0.25, 0.3) is 11.1 Å². The van der Waals surface area contributed by atoms with Gasteiger partial charge in [0.05, 0.1) is 0 Å². The number of halogens is 1. The lowest BCUT2D eigenvalue weighted by Crippen LogP contribution is -2.27. The second kappa shape index (κ2) is 5.75. The minimum absolute atomic E-state index is 0.163. The topological polar surface area (TPSA) is 77.5 Å². The van der Waals surface area contributed by atoms with Crippen LogP contribution in [0.25, 0.3) is 22.4 Å². The summed E-state index contributed by atoms with van der Waals surface area (Å²) in [5, 5.41) is 3.95. The molecule has 124 valence electrons. The van der Waals surface area contributed by atoms with Crippen molar-refractivity contribution in [1.82, 2.24) is 14.6 Å². The number of fused-ring (bicyclic) bond motifs is 1. The molecule has 0 amide bonds. The molecule has 0 saturated carbocycles. The van der Waals surface area contributed by atoms with Crippen molar-refractivity contribution in [2.24, 2.45) is 0 Å². The number of aryl methyl sites for hydroxylation is 1. The van der Waals surface area contributed by atoms with E-state index < -0.39 is 5.56 Å². The first-order valence-corrected chi connectivity index (χ1v) is 8.11. The Labute approximate surface area is 143 Å². The Hall–Kier alpha value is -3.13. The predicted molar refractivity (Wildman–Crippen MR) is 91.0 cm³/mol. The first-order valence-electron chi connectivity index (χ1n) is 7.29. The van der Waals surface area contributed by atoms with Crippen LogP contribution >= 0.6 is 11.3 Å². The van der Waals surface area contributed by atoms with Crippen molar-refractivity contribution in [3.05, 3.63) is 78.9 Å². The van der Waals surface area contributed by atoms with Crippen molar-refractivity contribution in [3.8, 4) is 11.3 Å². The summed E-state index contributed by atoms with van der Waals surface area (Å²) >= 11 is 1.06. The second-order valence-electron chi connectivity index (χ2n) is 5.32. The highest BCUT2D eigenvalue weighted by Crippen LogP contribution is 2.22. The fourth-order valence-electron chi connectivity index (χ4n) is 2.32. The summed E-state index contributed by atoms with van der Waals surface area (Å²) < 4.78 is 20.1. The molecule has 25 heavy (non-hydrogen) atoms. The Morgan fingerprint density at radius 3 is 2.68 bits per heavy atom. The first kappa shape index (κ1) is 15.4. The smallest absolute Gasteiger partial charge is 0.295 e. The van der Waals surface area contributed by atoms with E-state index in [1.165, 1.54) is 19.1 Å². The monoisotopic (exact) mass is 355 g/mol. The zero-order chi connectivity index (χ0) is 17.6. The van der Waals surface area contributed by atoms with Gasteiger partial charge in [-0.1, -0.05) is 11.3 Å². The van der Waals surface area contributed by atoms with Gasteiger partial charge in [0.1, 0.15) is 27.6 Å². The van der Waals surface area contributed by atoms with Crippen molar-refractivity contribution in [3.63, 3.8) is 0 Å². The van der Waals surface area contributed by atoms with E-state index in [1.807, 2.05) is 0 Å². The molecule has 1 aromatic carbocycles. The number of aromatic nitrogens is 3. The number of furan rings is 1. The maximum atomic E-state index is 13.0. The van der Waals surface area contributed by atoms with E-state index in [-0.39, 0.29) is 22.0 Å². The summed E-state index contributed by atoms with van der Waals surface area (Å²) in [6.45, 7) is 1.50. The van der Waals surface area contributed by atoms with Crippen molar-refractivity contribution in [2.45, 2.75) is 6.92 Å². The molecular formula is C17H10FN3O3S. The third-order valence-electron chi connectivity index (χ3n) is 3.57. The van der Waals surface area contributed by atoms with Crippen LogP contribution in [-0.2, 0) is 0 Å². The second-order valence-corrected chi connectivity index (χ2v) is 6.33. The molecule has 0 bridgehead atoms. The molecule has 0 N–H and O–H groups in total. The zero-order valence-electron chi connectivity index (χ0n) is 12.9.